The van der Waals surface area contributed by atoms with Gasteiger partial charge in [-0.1, -0.05) is 30.7 Å². The van der Waals surface area contributed by atoms with Crippen LogP contribution in [-0.2, 0) is 4.79 Å². The van der Waals surface area contributed by atoms with Crippen LogP contribution in [0, 0.1) is 17.3 Å². The van der Waals surface area contributed by atoms with E-state index in [-0.39, 0.29) is 23.2 Å². The van der Waals surface area contributed by atoms with E-state index in [0.29, 0.717) is 12.3 Å². The third kappa shape index (κ3) is 3.16. The Morgan fingerprint density at radius 3 is 2.71 bits per heavy atom. The number of hydrogen-bond donors (Lipinski definition) is 2. The average molecular weight is 330 g/mol. The number of rotatable bonds is 3. The molecule has 1 saturated carbocycles. The van der Waals surface area contributed by atoms with Crippen molar-refractivity contribution in [3.8, 4) is 0 Å². The van der Waals surface area contributed by atoms with Crippen LogP contribution >= 0.6 is 0 Å². The predicted molar refractivity (Wildman–Crippen MR) is 95.4 cm³/mol. The van der Waals surface area contributed by atoms with Gasteiger partial charge in [0.15, 0.2) is 0 Å². The molecular formula is C21H30O3. The normalized spacial score (nSPS) is 40.0. The minimum Gasteiger partial charge on any atom is -0.393 e. The largest absolute Gasteiger partial charge is 0.393 e. The molecule has 0 aromatic rings. The molecule has 0 radical (unpaired) electrons. The maximum absolute atomic E-state index is 12.0. The highest BCUT2D eigenvalue weighted by atomic mass is 16.3. The Morgan fingerprint density at radius 1 is 1.25 bits per heavy atom. The Bertz CT molecular complexity index is 613. The lowest BCUT2D eigenvalue weighted by Gasteiger charge is -2.41. The first kappa shape index (κ1) is 17.6. The van der Waals surface area contributed by atoms with Crippen molar-refractivity contribution < 1.29 is 15.0 Å². The van der Waals surface area contributed by atoms with E-state index < -0.39 is 6.10 Å². The van der Waals surface area contributed by atoms with Gasteiger partial charge in [-0.25, -0.2) is 0 Å². The van der Waals surface area contributed by atoms with Gasteiger partial charge in [0.25, 0.3) is 0 Å². The van der Waals surface area contributed by atoms with Crippen molar-refractivity contribution in [1.82, 2.24) is 0 Å². The number of hydrogen-bond acceptors (Lipinski definition) is 3. The van der Waals surface area contributed by atoms with Crippen molar-refractivity contribution in [3.63, 3.8) is 0 Å². The first-order valence-corrected chi connectivity index (χ1v) is 9.26. The van der Waals surface area contributed by atoms with E-state index in [1.54, 1.807) is 6.92 Å². The molecule has 3 rings (SSSR count). The maximum atomic E-state index is 12.0. The van der Waals surface area contributed by atoms with Gasteiger partial charge in [-0.2, -0.15) is 0 Å². The van der Waals surface area contributed by atoms with E-state index in [4.69, 9.17) is 0 Å². The van der Waals surface area contributed by atoms with Crippen molar-refractivity contribution in [2.24, 2.45) is 17.3 Å². The van der Waals surface area contributed by atoms with Crippen LogP contribution in [0.4, 0.5) is 0 Å². The van der Waals surface area contributed by atoms with E-state index >= 15 is 0 Å². The lowest BCUT2D eigenvalue weighted by atomic mass is 9.63. The molecule has 3 aliphatic rings. The van der Waals surface area contributed by atoms with Crippen LogP contribution in [0.15, 0.2) is 34.9 Å². The fraction of sp³-hybridized carbons (Fsp3) is 0.667. The summed E-state index contributed by atoms with van der Waals surface area (Å²) in [5, 5.41) is 20.3. The van der Waals surface area contributed by atoms with Crippen LogP contribution < -0.4 is 0 Å². The number of fused-ring (bicyclic) bond motifs is 1. The van der Waals surface area contributed by atoms with Gasteiger partial charge in [-0.05, 0) is 74.9 Å². The molecule has 0 spiro atoms. The third-order valence-electron chi connectivity index (χ3n) is 6.60. The lowest BCUT2D eigenvalue weighted by Crippen LogP contribution is -2.39. The molecule has 132 valence electrons. The van der Waals surface area contributed by atoms with E-state index in [2.05, 4.69) is 26.0 Å². The number of Topliss-reactive ketones (excluding diaryl/α,β-unsaturated/α-hetero) is 1. The van der Waals surface area contributed by atoms with Crippen molar-refractivity contribution in [2.45, 2.75) is 71.5 Å². The van der Waals surface area contributed by atoms with E-state index in [0.717, 1.165) is 32.1 Å². The zero-order chi connectivity index (χ0) is 17.5. The molecule has 24 heavy (non-hydrogen) atoms. The van der Waals surface area contributed by atoms with Crippen molar-refractivity contribution in [2.75, 3.05) is 0 Å². The Labute approximate surface area is 145 Å². The highest BCUT2D eigenvalue weighted by molar-refractivity contribution is 5.79. The molecular weight excluding hydrogens is 300 g/mol. The maximum Gasteiger partial charge on any atom is 0.133 e. The van der Waals surface area contributed by atoms with Crippen LogP contribution in [0.2, 0.25) is 0 Å². The standard InChI is InChI=1S/C21H30O3/c1-13-4-7-17(23)10-15(13)5-6-16-11-18(24)12-21(3)19(14(2)22)8-9-20(16)21/h5-6,11,17-20,23-24H,4,7-10,12H2,1-3H3/t17-,18+,19+,20-,21+/m0/s1. The average Bonchev–Trinajstić information content (AvgIpc) is 2.84. The number of carbonyl (C=O) groups is 1. The van der Waals surface area contributed by atoms with Gasteiger partial charge in [-0.15, -0.1) is 0 Å². The van der Waals surface area contributed by atoms with Gasteiger partial charge in [0.2, 0.25) is 0 Å². The Balaban J connectivity index is 1.86. The lowest BCUT2D eigenvalue weighted by molar-refractivity contribution is -0.124. The molecule has 0 unspecified atom stereocenters. The van der Waals surface area contributed by atoms with Crippen molar-refractivity contribution in [3.05, 3.63) is 34.9 Å². The number of aliphatic hydroxyl groups excluding tert-OH is 2. The second kappa shape index (κ2) is 6.61. The highest BCUT2D eigenvalue weighted by Gasteiger charge is 2.51. The summed E-state index contributed by atoms with van der Waals surface area (Å²) in [5.41, 5.74) is 3.61. The van der Waals surface area contributed by atoms with E-state index in [1.165, 1.54) is 16.7 Å². The highest BCUT2D eigenvalue weighted by Crippen LogP contribution is 2.56. The van der Waals surface area contributed by atoms with Gasteiger partial charge in [-0.3, -0.25) is 4.79 Å². The summed E-state index contributed by atoms with van der Waals surface area (Å²) < 4.78 is 0. The molecule has 3 nitrogen and oxygen atoms in total. The molecule has 3 heteroatoms. The minimum atomic E-state index is -0.474. The van der Waals surface area contributed by atoms with Crippen LogP contribution in [-0.4, -0.2) is 28.2 Å². The molecule has 5 atom stereocenters. The quantitative estimate of drug-likeness (QED) is 0.829. The van der Waals surface area contributed by atoms with Crippen LogP contribution in [0.1, 0.15) is 59.3 Å². The van der Waals surface area contributed by atoms with Crippen LogP contribution in [0.5, 0.6) is 0 Å². The van der Waals surface area contributed by atoms with Gasteiger partial charge in [0.05, 0.1) is 12.2 Å². The number of allylic oxidation sites excluding steroid dienone is 4. The number of carbonyl (C=O) groups excluding carboxylic acids is 1. The minimum absolute atomic E-state index is 0.0618. The SMILES string of the molecule is CC(=O)[C@H]1CC[C@H]2C(C=CC3=C(C)CC[C@H](O)C3)=C[C@@H](O)C[C@]12C. The number of ketones is 1. The summed E-state index contributed by atoms with van der Waals surface area (Å²) in [7, 11) is 0. The smallest absolute Gasteiger partial charge is 0.133 e. The monoisotopic (exact) mass is 330 g/mol. The topological polar surface area (TPSA) is 57.5 Å². The summed E-state index contributed by atoms with van der Waals surface area (Å²) in [6, 6.07) is 0. The van der Waals surface area contributed by atoms with Crippen LogP contribution in [0.3, 0.4) is 0 Å². The fourth-order valence-corrected chi connectivity index (χ4v) is 5.24. The molecule has 2 N–H and O–H groups in total. The summed E-state index contributed by atoms with van der Waals surface area (Å²) in [6.45, 7) is 6.01. The molecule has 0 saturated heterocycles. The Morgan fingerprint density at radius 2 is 2.00 bits per heavy atom. The summed E-state index contributed by atoms with van der Waals surface area (Å²) in [4.78, 5) is 12.0. The molecule has 0 aliphatic heterocycles. The predicted octanol–water partition coefficient (Wildman–Crippen LogP) is 3.72. The Kier molecular flexibility index (Phi) is 4.85. The second-order valence-electron chi connectivity index (χ2n) is 8.27. The van der Waals surface area contributed by atoms with Crippen LogP contribution in [0.25, 0.3) is 0 Å². The van der Waals surface area contributed by atoms with Gasteiger partial charge in [0, 0.05) is 5.92 Å². The van der Waals surface area contributed by atoms with Crippen molar-refractivity contribution in [1.29, 1.82) is 0 Å². The zero-order valence-corrected chi connectivity index (χ0v) is 15.1. The third-order valence-corrected chi connectivity index (χ3v) is 6.60. The molecule has 0 aromatic heterocycles. The number of aliphatic hydroxyl groups is 2. The molecule has 3 aliphatic carbocycles. The summed E-state index contributed by atoms with van der Waals surface area (Å²) in [5.74, 6) is 0.665. The van der Waals surface area contributed by atoms with E-state index in [1.807, 2.05) is 6.08 Å². The molecule has 0 heterocycles. The van der Waals surface area contributed by atoms with Gasteiger partial charge in [0.1, 0.15) is 5.78 Å². The molecule has 0 aromatic carbocycles. The first-order chi connectivity index (χ1) is 11.3. The van der Waals surface area contributed by atoms with Crippen molar-refractivity contribution >= 4 is 5.78 Å². The molecule has 1 fully saturated rings. The Hall–Kier alpha value is -1.19. The fourth-order valence-electron chi connectivity index (χ4n) is 5.24. The van der Waals surface area contributed by atoms with Gasteiger partial charge < -0.3 is 10.2 Å². The first-order valence-electron chi connectivity index (χ1n) is 9.26. The molecule has 0 bridgehead atoms. The second-order valence-corrected chi connectivity index (χ2v) is 8.27. The summed E-state index contributed by atoms with van der Waals surface area (Å²) in [6.07, 6.45) is 10.7. The summed E-state index contributed by atoms with van der Waals surface area (Å²) >= 11 is 0. The zero-order valence-electron chi connectivity index (χ0n) is 15.1. The van der Waals surface area contributed by atoms with E-state index in [9.17, 15) is 15.0 Å². The van der Waals surface area contributed by atoms with Gasteiger partial charge >= 0.3 is 0 Å². The molecule has 0 amide bonds.